The van der Waals surface area contributed by atoms with Gasteiger partial charge in [0.05, 0.1) is 19.7 Å². The lowest BCUT2D eigenvalue weighted by atomic mass is 9.88. The van der Waals surface area contributed by atoms with E-state index in [2.05, 4.69) is 4.90 Å². The number of hydrogen-bond acceptors (Lipinski definition) is 5. The van der Waals surface area contributed by atoms with Gasteiger partial charge < -0.3 is 15.4 Å². The first-order chi connectivity index (χ1) is 12.5. The van der Waals surface area contributed by atoms with Gasteiger partial charge in [0, 0.05) is 18.0 Å². The summed E-state index contributed by atoms with van der Waals surface area (Å²) in [5.74, 6) is 0.362. The lowest BCUT2D eigenvalue weighted by Crippen LogP contribution is -2.47. The molecule has 3 rings (SSSR count). The van der Waals surface area contributed by atoms with Crippen molar-refractivity contribution in [3.8, 4) is 5.75 Å². The van der Waals surface area contributed by atoms with Crippen LogP contribution in [0.25, 0.3) is 0 Å². The molecule has 1 aromatic rings. The second-order valence-corrected chi connectivity index (χ2v) is 6.93. The quantitative estimate of drug-likeness (QED) is 0.754. The Morgan fingerprint density at radius 1 is 1.12 bits per heavy atom. The van der Waals surface area contributed by atoms with Crippen LogP contribution in [-0.4, -0.2) is 66.7 Å². The Kier molecular flexibility index (Phi) is 5.56. The van der Waals surface area contributed by atoms with Gasteiger partial charge in [0.2, 0.25) is 11.8 Å². The number of carbonyl (C=O) groups excluding carboxylic acids is 3. The number of likely N-dealkylation sites (tertiary alicyclic amines) is 2. The number of hydrogen-bond donors (Lipinski definition) is 1. The third-order valence-electron chi connectivity index (χ3n) is 5.33. The Balaban J connectivity index is 1.54. The van der Waals surface area contributed by atoms with Crippen molar-refractivity contribution in [1.29, 1.82) is 0 Å². The molecule has 0 bridgehead atoms. The Morgan fingerprint density at radius 2 is 1.77 bits per heavy atom. The molecule has 26 heavy (non-hydrogen) atoms. The minimum Gasteiger partial charge on any atom is -0.497 e. The van der Waals surface area contributed by atoms with E-state index in [1.165, 1.54) is 4.90 Å². The largest absolute Gasteiger partial charge is 0.497 e. The van der Waals surface area contributed by atoms with Crippen molar-refractivity contribution in [3.05, 3.63) is 29.8 Å². The van der Waals surface area contributed by atoms with Gasteiger partial charge in [0.1, 0.15) is 5.75 Å². The summed E-state index contributed by atoms with van der Waals surface area (Å²) in [7, 11) is 1.60. The second kappa shape index (κ2) is 7.86. The fourth-order valence-electron chi connectivity index (χ4n) is 3.87. The molecule has 2 aliphatic rings. The number of methoxy groups -OCH3 is 1. The molecule has 1 atom stereocenters. The zero-order chi connectivity index (χ0) is 18.7. The maximum absolute atomic E-state index is 12.7. The zero-order valence-electron chi connectivity index (χ0n) is 15.0. The van der Waals surface area contributed by atoms with Crippen LogP contribution in [0.1, 0.15) is 29.6 Å². The van der Waals surface area contributed by atoms with E-state index >= 15 is 0 Å². The number of benzene rings is 1. The number of rotatable bonds is 6. The normalized spacial score (nSPS) is 21.8. The molecule has 1 aromatic carbocycles. The summed E-state index contributed by atoms with van der Waals surface area (Å²) in [6.45, 7) is 1.99. The average Bonchev–Trinajstić information content (AvgIpc) is 3.01. The fraction of sp³-hybridized carbons (Fsp3) is 0.526. The molecule has 1 unspecified atom stereocenters. The highest BCUT2D eigenvalue weighted by Crippen LogP contribution is 2.27. The van der Waals surface area contributed by atoms with Crippen molar-refractivity contribution in [3.63, 3.8) is 0 Å². The topological polar surface area (TPSA) is 92.9 Å². The standard InChI is InChI=1S/C19H25N3O4/c1-26-15-4-2-13(3-5-15)18(24)14-6-9-21(10-7-14)16-8-11-22(19(16)25)12-17(20)23/h2-5,14,16H,6-12H2,1H3,(H2,20,23). The van der Waals surface area contributed by atoms with E-state index in [0.717, 1.165) is 18.6 Å². The van der Waals surface area contributed by atoms with E-state index in [1.54, 1.807) is 31.4 Å². The summed E-state index contributed by atoms with van der Waals surface area (Å²) in [6.07, 6.45) is 2.19. The van der Waals surface area contributed by atoms with Crippen molar-refractivity contribution in [1.82, 2.24) is 9.80 Å². The molecule has 0 spiro atoms. The summed E-state index contributed by atoms with van der Waals surface area (Å²) in [4.78, 5) is 39.8. The van der Waals surface area contributed by atoms with E-state index in [-0.39, 0.29) is 30.2 Å². The van der Waals surface area contributed by atoms with Crippen LogP contribution in [-0.2, 0) is 9.59 Å². The molecule has 0 aromatic heterocycles. The SMILES string of the molecule is COc1ccc(C(=O)C2CCN(C3CCN(CC(N)=O)C3=O)CC2)cc1. The van der Waals surface area contributed by atoms with Crippen LogP contribution < -0.4 is 10.5 Å². The van der Waals surface area contributed by atoms with Crippen molar-refractivity contribution in [2.75, 3.05) is 33.3 Å². The number of ketones is 1. The van der Waals surface area contributed by atoms with Gasteiger partial charge in [-0.2, -0.15) is 0 Å². The average molecular weight is 359 g/mol. The minimum atomic E-state index is -0.484. The Morgan fingerprint density at radius 3 is 2.35 bits per heavy atom. The summed E-state index contributed by atoms with van der Waals surface area (Å²) in [5.41, 5.74) is 5.89. The lowest BCUT2D eigenvalue weighted by molar-refractivity contribution is -0.135. The van der Waals surface area contributed by atoms with E-state index in [0.29, 0.717) is 31.6 Å². The highest BCUT2D eigenvalue weighted by Gasteiger charge is 2.38. The van der Waals surface area contributed by atoms with Crippen LogP contribution >= 0.6 is 0 Å². The van der Waals surface area contributed by atoms with Crippen molar-refractivity contribution in [2.24, 2.45) is 11.7 Å². The van der Waals surface area contributed by atoms with Gasteiger partial charge in [-0.05, 0) is 56.6 Å². The van der Waals surface area contributed by atoms with Crippen molar-refractivity contribution < 1.29 is 19.1 Å². The van der Waals surface area contributed by atoms with Crippen LogP contribution in [0.4, 0.5) is 0 Å². The van der Waals surface area contributed by atoms with Gasteiger partial charge in [0.25, 0.3) is 0 Å². The number of carbonyl (C=O) groups is 3. The molecule has 2 fully saturated rings. The Hall–Kier alpha value is -2.41. The number of nitrogens with zero attached hydrogens (tertiary/aromatic N) is 2. The van der Waals surface area contributed by atoms with Crippen molar-refractivity contribution >= 4 is 17.6 Å². The van der Waals surface area contributed by atoms with Crippen LogP contribution in [0.15, 0.2) is 24.3 Å². The maximum Gasteiger partial charge on any atom is 0.240 e. The molecule has 2 aliphatic heterocycles. The number of ether oxygens (including phenoxy) is 1. The lowest BCUT2D eigenvalue weighted by Gasteiger charge is -2.34. The van der Waals surface area contributed by atoms with Gasteiger partial charge >= 0.3 is 0 Å². The van der Waals surface area contributed by atoms with Crippen molar-refractivity contribution in [2.45, 2.75) is 25.3 Å². The summed E-state index contributed by atoms with van der Waals surface area (Å²) >= 11 is 0. The van der Waals surface area contributed by atoms with E-state index in [4.69, 9.17) is 10.5 Å². The predicted molar refractivity (Wildman–Crippen MR) is 95.8 cm³/mol. The molecule has 2 saturated heterocycles. The smallest absolute Gasteiger partial charge is 0.240 e. The second-order valence-electron chi connectivity index (χ2n) is 6.93. The minimum absolute atomic E-state index is 0.0121. The molecular formula is C19H25N3O4. The molecule has 7 nitrogen and oxygen atoms in total. The summed E-state index contributed by atoms with van der Waals surface area (Å²) < 4.78 is 5.13. The molecule has 0 aliphatic carbocycles. The molecule has 140 valence electrons. The molecule has 0 saturated carbocycles. The van der Waals surface area contributed by atoms with E-state index in [1.807, 2.05) is 0 Å². The third-order valence-corrected chi connectivity index (χ3v) is 5.33. The highest BCUT2D eigenvalue weighted by molar-refractivity contribution is 5.98. The highest BCUT2D eigenvalue weighted by atomic mass is 16.5. The van der Waals surface area contributed by atoms with Crippen LogP contribution in [0, 0.1) is 5.92 Å². The number of nitrogens with two attached hydrogens (primary N) is 1. The predicted octanol–water partition coefficient (Wildman–Crippen LogP) is 0.676. The van der Waals surface area contributed by atoms with E-state index in [9.17, 15) is 14.4 Å². The van der Waals surface area contributed by atoms with Crippen LogP contribution in [0.5, 0.6) is 5.75 Å². The van der Waals surface area contributed by atoms with Gasteiger partial charge in [-0.1, -0.05) is 0 Å². The maximum atomic E-state index is 12.7. The van der Waals surface area contributed by atoms with Gasteiger partial charge in [-0.3, -0.25) is 19.3 Å². The molecule has 7 heteroatoms. The fourth-order valence-corrected chi connectivity index (χ4v) is 3.87. The number of Topliss-reactive ketones (excluding diaryl/α,β-unsaturated/α-hetero) is 1. The third kappa shape index (κ3) is 3.88. The first kappa shape index (κ1) is 18.4. The van der Waals surface area contributed by atoms with Gasteiger partial charge in [-0.15, -0.1) is 0 Å². The van der Waals surface area contributed by atoms with Gasteiger partial charge in [-0.25, -0.2) is 0 Å². The molecule has 0 radical (unpaired) electrons. The van der Waals surface area contributed by atoms with Crippen LogP contribution in [0.3, 0.4) is 0 Å². The summed E-state index contributed by atoms with van der Waals surface area (Å²) in [5, 5.41) is 0. The number of piperidine rings is 1. The number of amides is 2. The molecule has 2 amide bonds. The monoisotopic (exact) mass is 359 g/mol. The number of primary amides is 1. The molecule has 2 N–H and O–H groups in total. The Bertz CT molecular complexity index is 681. The van der Waals surface area contributed by atoms with Crippen LogP contribution in [0.2, 0.25) is 0 Å². The first-order valence-corrected chi connectivity index (χ1v) is 8.99. The van der Waals surface area contributed by atoms with Gasteiger partial charge in [0.15, 0.2) is 5.78 Å². The molecule has 2 heterocycles. The Labute approximate surface area is 153 Å². The van der Waals surface area contributed by atoms with E-state index < -0.39 is 5.91 Å². The summed E-state index contributed by atoms with van der Waals surface area (Å²) in [6, 6.07) is 7.01. The first-order valence-electron chi connectivity index (χ1n) is 8.99. The molecular weight excluding hydrogens is 334 g/mol. The zero-order valence-corrected chi connectivity index (χ0v) is 15.0.